The molecule has 0 amide bonds. The number of hydrogen-bond donors (Lipinski definition) is 3. The maximum Gasteiger partial charge on any atom is 0.319 e. The molecule has 8 nitrogen and oxygen atoms in total. The SMILES string of the molecule is CN(C)CC1(COc2nc(N3CC4CCC(C3)N4)c3cc(Cl)c(-c4c(Cl)c(F)cc(N)c4C=N)c(F)c3n2)CC1. The number of hydrogen-bond acceptors (Lipinski definition) is 8. The molecule has 4 N–H and O–H groups in total. The second-order valence-electron chi connectivity index (χ2n) is 11.5. The van der Waals surface area contributed by atoms with E-state index in [-0.39, 0.29) is 49.4 Å². The lowest BCUT2D eigenvalue weighted by Crippen LogP contribution is -2.51. The molecule has 1 aliphatic carbocycles. The molecule has 2 aliphatic heterocycles. The van der Waals surface area contributed by atoms with Crippen molar-refractivity contribution < 1.29 is 13.5 Å². The Kier molecular flexibility index (Phi) is 7.01. The van der Waals surface area contributed by atoms with Crippen LogP contribution in [0.3, 0.4) is 0 Å². The van der Waals surface area contributed by atoms with E-state index < -0.39 is 11.6 Å². The quantitative estimate of drug-likeness (QED) is 0.247. The Morgan fingerprint density at radius 1 is 1.18 bits per heavy atom. The van der Waals surface area contributed by atoms with E-state index >= 15 is 4.39 Å². The summed E-state index contributed by atoms with van der Waals surface area (Å²) < 4.78 is 37.4. The first kappa shape index (κ1) is 27.4. The number of benzene rings is 2. The molecule has 1 aromatic heterocycles. The number of nitrogen functional groups attached to an aromatic ring is 1. The number of halogens is 4. The molecule has 0 radical (unpaired) electrons. The number of fused-ring (bicyclic) bond motifs is 3. The molecule has 3 aliphatic rings. The Bertz CT molecular complexity index is 1500. The first-order valence-corrected chi connectivity index (χ1v) is 14.1. The van der Waals surface area contributed by atoms with Crippen LogP contribution in [0.4, 0.5) is 20.3 Å². The topological polar surface area (TPSA) is 103 Å². The van der Waals surface area contributed by atoms with Crippen molar-refractivity contribution in [3.8, 4) is 17.1 Å². The highest BCUT2D eigenvalue weighted by atomic mass is 35.5. The summed E-state index contributed by atoms with van der Waals surface area (Å²) in [6.45, 7) is 2.69. The molecule has 6 rings (SSSR count). The molecule has 1 saturated carbocycles. The molecule has 2 bridgehead atoms. The van der Waals surface area contributed by atoms with Crippen molar-refractivity contribution >= 4 is 51.8 Å². The maximum atomic E-state index is 16.6. The fourth-order valence-electron chi connectivity index (χ4n) is 6.14. The number of nitrogens with zero attached hydrogens (tertiary/aromatic N) is 4. The molecule has 0 spiro atoms. The number of piperazine rings is 1. The van der Waals surface area contributed by atoms with E-state index in [1.165, 1.54) is 0 Å². The number of ether oxygens (including phenoxy) is 1. The molecule has 3 aromatic rings. The van der Waals surface area contributed by atoms with Crippen molar-refractivity contribution in [3.05, 3.63) is 39.4 Å². The van der Waals surface area contributed by atoms with Crippen molar-refractivity contribution in [1.82, 2.24) is 20.2 Å². The number of nitrogens with one attached hydrogen (secondary N) is 2. The Morgan fingerprint density at radius 3 is 2.50 bits per heavy atom. The third kappa shape index (κ3) is 4.85. The van der Waals surface area contributed by atoms with Crippen LogP contribution >= 0.6 is 23.2 Å². The zero-order chi connectivity index (χ0) is 28.3. The average molecular weight is 591 g/mol. The summed E-state index contributed by atoms with van der Waals surface area (Å²) in [5.41, 5.74) is 5.72. The van der Waals surface area contributed by atoms with Gasteiger partial charge in [-0.05, 0) is 51.9 Å². The van der Waals surface area contributed by atoms with Crippen LogP contribution in [0.1, 0.15) is 31.2 Å². The van der Waals surface area contributed by atoms with Crippen molar-refractivity contribution in [2.45, 2.75) is 37.8 Å². The van der Waals surface area contributed by atoms with Gasteiger partial charge in [0.05, 0.1) is 16.7 Å². The maximum absolute atomic E-state index is 16.6. The summed E-state index contributed by atoms with van der Waals surface area (Å²) in [5.74, 6) is -1.10. The molecule has 12 heteroatoms. The van der Waals surface area contributed by atoms with Gasteiger partial charge in [0.2, 0.25) is 0 Å². The molecule has 2 aromatic carbocycles. The van der Waals surface area contributed by atoms with Crippen molar-refractivity contribution in [2.75, 3.05) is 51.0 Å². The highest BCUT2D eigenvalue weighted by Gasteiger charge is 2.44. The van der Waals surface area contributed by atoms with Gasteiger partial charge in [-0.2, -0.15) is 9.97 Å². The zero-order valence-electron chi connectivity index (χ0n) is 22.3. The number of rotatable bonds is 8. The van der Waals surface area contributed by atoms with Crippen LogP contribution in [0.25, 0.3) is 22.0 Å². The predicted molar refractivity (Wildman–Crippen MR) is 155 cm³/mol. The lowest BCUT2D eigenvalue weighted by molar-refractivity contribution is 0.183. The highest BCUT2D eigenvalue weighted by Crippen LogP contribution is 2.47. The second-order valence-corrected chi connectivity index (χ2v) is 12.3. The van der Waals surface area contributed by atoms with Gasteiger partial charge < -0.3 is 31.0 Å². The van der Waals surface area contributed by atoms with Gasteiger partial charge in [-0.1, -0.05) is 23.2 Å². The minimum atomic E-state index is -0.838. The van der Waals surface area contributed by atoms with E-state index in [2.05, 4.69) is 20.1 Å². The highest BCUT2D eigenvalue weighted by molar-refractivity contribution is 6.38. The molecular formula is C28H31Cl2F2N7O. The smallest absolute Gasteiger partial charge is 0.319 e. The third-order valence-corrected chi connectivity index (χ3v) is 8.83. The van der Waals surface area contributed by atoms with E-state index in [1.54, 1.807) is 6.07 Å². The molecule has 40 heavy (non-hydrogen) atoms. The molecule has 2 unspecified atom stereocenters. The van der Waals surface area contributed by atoms with Gasteiger partial charge in [-0.25, -0.2) is 8.78 Å². The van der Waals surface area contributed by atoms with E-state index in [0.29, 0.717) is 43.0 Å². The fraction of sp³-hybridized carbons (Fsp3) is 0.464. The number of nitrogens with two attached hydrogens (primary N) is 1. The Labute approximate surface area is 241 Å². The van der Waals surface area contributed by atoms with Gasteiger partial charge in [0.25, 0.3) is 0 Å². The lowest BCUT2D eigenvalue weighted by atomic mass is 9.96. The molecule has 212 valence electrons. The second kappa shape index (κ2) is 10.2. The summed E-state index contributed by atoms with van der Waals surface area (Å²) in [7, 11) is 4.05. The van der Waals surface area contributed by atoms with Crippen molar-refractivity contribution in [1.29, 1.82) is 5.41 Å². The normalized spacial score (nSPS) is 21.3. The first-order valence-electron chi connectivity index (χ1n) is 13.4. The molecule has 2 atom stereocenters. The largest absolute Gasteiger partial charge is 0.463 e. The Morgan fingerprint density at radius 2 is 1.88 bits per heavy atom. The van der Waals surface area contributed by atoms with E-state index in [9.17, 15) is 4.39 Å². The van der Waals surface area contributed by atoms with Crippen molar-refractivity contribution in [2.24, 2.45) is 5.41 Å². The van der Waals surface area contributed by atoms with Crippen LogP contribution in [-0.4, -0.2) is 73.5 Å². The number of anilines is 2. The Hall–Kier alpha value is -2.79. The van der Waals surface area contributed by atoms with Crippen LogP contribution in [0.5, 0.6) is 6.01 Å². The van der Waals surface area contributed by atoms with Gasteiger partial charge in [-0.3, -0.25) is 0 Å². The van der Waals surface area contributed by atoms with Crippen LogP contribution in [0.15, 0.2) is 12.1 Å². The first-order chi connectivity index (χ1) is 19.1. The summed E-state index contributed by atoms with van der Waals surface area (Å²) in [4.78, 5) is 13.5. The van der Waals surface area contributed by atoms with Gasteiger partial charge in [-0.15, -0.1) is 0 Å². The minimum absolute atomic E-state index is 0.0143. The summed E-state index contributed by atoms with van der Waals surface area (Å²) in [6.07, 6.45) is 5.10. The third-order valence-electron chi connectivity index (χ3n) is 8.16. The molecule has 3 fully saturated rings. The average Bonchev–Trinajstić information content (AvgIpc) is 3.58. The van der Waals surface area contributed by atoms with Crippen LogP contribution in [0, 0.1) is 22.5 Å². The van der Waals surface area contributed by atoms with Crippen molar-refractivity contribution in [3.63, 3.8) is 0 Å². The summed E-state index contributed by atoms with van der Waals surface area (Å²) >= 11 is 13.0. The van der Waals surface area contributed by atoms with Gasteiger partial charge in [0, 0.05) is 71.1 Å². The molecule has 2 saturated heterocycles. The predicted octanol–water partition coefficient (Wildman–Crippen LogP) is 5.12. The van der Waals surface area contributed by atoms with E-state index in [4.69, 9.17) is 44.1 Å². The van der Waals surface area contributed by atoms with Crippen LogP contribution < -0.4 is 20.7 Å². The molecular weight excluding hydrogens is 559 g/mol. The lowest BCUT2D eigenvalue weighted by Gasteiger charge is -2.34. The number of aromatic nitrogens is 2. The van der Waals surface area contributed by atoms with Gasteiger partial charge >= 0.3 is 6.01 Å². The molecule has 3 heterocycles. The van der Waals surface area contributed by atoms with E-state index in [1.807, 2.05) is 14.1 Å². The summed E-state index contributed by atoms with van der Waals surface area (Å²) in [5, 5.41) is 11.5. The monoisotopic (exact) mass is 589 g/mol. The standard InChI is InChI=1S/C28H31Cl2F2N7O/c1-38(2)12-28(5-6-28)13-40-27-36-25-16(26(37-27)39-10-14-3-4-15(11-39)35-14)7-18(29)22(24(25)32)21-17(9-33)20(34)8-19(31)23(21)30/h7-9,14-15,33,35H,3-6,10-13,34H2,1-2H3. The van der Waals surface area contributed by atoms with Crippen LogP contribution in [0.2, 0.25) is 10.0 Å². The van der Waals surface area contributed by atoms with E-state index in [0.717, 1.165) is 44.5 Å². The van der Waals surface area contributed by atoms with Gasteiger partial charge in [0.1, 0.15) is 17.2 Å². The Balaban J connectivity index is 1.51. The van der Waals surface area contributed by atoms with Crippen LogP contribution in [-0.2, 0) is 0 Å². The summed E-state index contributed by atoms with van der Waals surface area (Å²) in [6, 6.07) is 3.28. The zero-order valence-corrected chi connectivity index (χ0v) is 23.8. The minimum Gasteiger partial charge on any atom is -0.463 e. The fourth-order valence-corrected chi connectivity index (χ4v) is 6.67. The van der Waals surface area contributed by atoms with Gasteiger partial charge in [0.15, 0.2) is 5.82 Å².